The van der Waals surface area contributed by atoms with Gasteiger partial charge >= 0.3 is 0 Å². The van der Waals surface area contributed by atoms with E-state index in [0.29, 0.717) is 0 Å². The average molecular weight is 671 g/mol. The molecule has 0 bridgehead atoms. The highest BCUT2D eigenvalue weighted by atomic mass is 15.2. The van der Waals surface area contributed by atoms with Gasteiger partial charge in [-0.15, -0.1) is 0 Å². The van der Waals surface area contributed by atoms with E-state index in [1.165, 1.54) is 61.2 Å². The quantitative estimate of drug-likeness (QED) is 0.163. The number of benzene rings is 7. The molecule has 0 unspecified atom stereocenters. The van der Waals surface area contributed by atoms with Crippen LogP contribution in [-0.4, -0.2) is 0 Å². The lowest BCUT2D eigenvalue weighted by molar-refractivity contribution is 0.597. The first-order chi connectivity index (χ1) is 25.3. The fourth-order valence-corrected chi connectivity index (χ4v) is 8.63. The minimum atomic E-state index is -0.193. The molecule has 0 N–H and O–H groups in total. The number of allylic oxidation sites excluding steroid dienone is 2. The van der Waals surface area contributed by atoms with Crippen LogP contribution in [0.4, 0.5) is 34.1 Å². The standard InChI is InChI=1S/C50H42N2/c1-6-7-16-38-31-36(26-29-45(38)51(39-19-9-8-10-20-39)40-28-25-34-17-11-12-18-35(34)32-40)37-27-30-47-44(33-37)50(4,5)43-23-15-22-42-48(43)52(47)46-24-14-13-21-41(46)49(42,2)3/h6-33H,1H2,2-5H3/b16-7-. The van der Waals surface area contributed by atoms with Gasteiger partial charge < -0.3 is 9.80 Å². The molecule has 0 saturated heterocycles. The zero-order valence-electron chi connectivity index (χ0n) is 30.3. The summed E-state index contributed by atoms with van der Waals surface area (Å²) < 4.78 is 0. The third-order valence-electron chi connectivity index (χ3n) is 11.4. The summed E-state index contributed by atoms with van der Waals surface area (Å²) in [5.41, 5.74) is 15.9. The van der Waals surface area contributed by atoms with E-state index < -0.39 is 0 Å². The van der Waals surface area contributed by atoms with Crippen LogP contribution in [-0.2, 0) is 10.8 Å². The SMILES string of the molecule is C=C/C=C\c1cc(-c2ccc3c(c2)C(C)(C)c2cccc4c2N3c2ccccc2C4(C)C)ccc1N(c1ccccc1)c1ccc2ccccc2c1. The molecule has 252 valence electrons. The maximum atomic E-state index is 4.01. The second-order valence-corrected chi connectivity index (χ2v) is 15.1. The van der Waals surface area contributed by atoms with Crippen LogP contribution >= 0.6 is 0 Å². The lowest BCUT2D eigenvalue weighted by Gasteiger charge is -2.49. The van der Waals surface area contributed by atoms with Crippen molar-refractivity contribution in [3.63, 3.8) is 0 Å². The molecule has 2 aliphatic heterocycles. The van der Waals surface area contributed by atoms with Crippen molar-refractivity contribution in [2.24, 2.45) is 0 Å². The Morgan fingerprint density at radius 1 is 0.519 bits per heavy atom. The number of hydrogen-bond acceptors (Lipinski definition) is 2. The number of anilines is 6. The summed E-state index contributed by atoms with van der Waals surface area (Å²) in [5, 5.41) is 2.44. The van der Waals surface area contributed by atoms with Gasteiger partial charge in [-0.1, -0.05) is 150 Å². The van der Waals surface area contributed by atoms with Crippen molar-refractivity contribution in [3.8, 4) is 11.1 Å². The Kier molecular flexibility index (Phi) is 7.34. The number of fused-ring (bicyclic) bond motifs is 5. The van der Waals surface area contributed by atoms with E-state index in [9.17, 15) is 0 Å². The second kappa shape index (κ2) is 12.0. The Hall–Kier alpha value is -6.12. The summed E-state index contributed by atoms with van der Waals surface area (Å²) in [6.45, 7) is 13.5. The summed E-state index contributed by atoms with van der Waals surface area (Å²) in [4.78, 5) is 4.89. The maximum absolute atomic E-state index is 4.01. The van der Waals surface area contributed by atoms with Crippen LogP contribution in [0.1, 0.15) is 55.5 Å². The van der Waals surface area contributed by atoms with Gasteiger partial charge in [0.1, 0.15) is 0 Å². The van der Waals surface area contributed by atoms with E-state index in [-0.39, 0.29) is 10.8 Å². The molecular weight excluding hydrogens is 629 g/mol. The zero-order valence-corrected chi connectivity index (χ0v) is 30.3. The van der Waals surface area contributed by atoms with Gasteiger partial charge in [-0.25, -0.2) is 0 Å². The van der Waals surface area contributed by atoms with Crippen LogP contribution in [0.2, 0.25) is 0 Å². The van der Waals surface area contributed by atoms with E-state index in [2.05, 4.69) is 202 Å². The monoisotopic (exact) mass is 670 g/mol. The Morgan fingerprint density at radius 2 is 1.15 bits per heavy atom. The summed E-state index contributed by atoms with van der Waals surface area (Å²) in [5.74, 6) is 0. The molecule has 0 atom stereocenters. The van der Waals surface area contributed by atoms with Crippen LogP contribution in [0.15, 0.2) is 170 Å². The van der Waals surface area contributed by atoms with Crippen LogP contribution in [0, 0.1) is 0 Å². The van der Waals surface area contributed by atoms with Crippen molar-refractivity contribution in [2.75, 3.05) is 9.80 Å². The predicted molar refractivity (Wildman–Crippen MR) is 222 cm³/mol. The number of rotatable bonds is 6. The van der Waals surface area contributed by atoms with Crippen molar-refractivity contribution in [3.05, 3.63) is 198 Å². The summed E-state index contributed by atoms with van der Waals surface area (Å²) in [6.07, 6.45) is 6.06. The molecular formula is C50H42N2. The summed E-state index contributed by atoms with van der Waals surface area (Å²) >= 11 is 0. The van der Waals surface area contributed by atoms with Gasteiger partial charge in [0.05, 0.1) is 22.7 Å². The van der Waals surface area contributed by atoms with Gasteiger partial charge in [-0.3, -0.25) is 0 Å². The smallest absolute Gasteiger partial charge is 0.0543 e. The largest absolute Gasteiger partial charge is 0.310 e. The molecule has 52 heavy (non-hydrogen) atoms. The average Bonchev–Trinajstić information content (AvgIpc) is 3.17. The second-order valence-electron chi connectivity index (χ2n) is 15.1. The Bertz CT molecular complexity index is 2550. The fourth-order valence-electron chi connectivity index (χ4n) is 8.63. The van der Waals surface area contributed by atoms with E-state index in [0.717, 1.165) is 22.6 Å². The molecule has 2 aliphatic rings. The normalized spacial score (nSPS) is 14.8. The number of nitrogens with zero attached hydrogens (tertiary/aromatic N) is 2. The topological polar surface area (TPSA) is 6.48 Å². The zero-order chi connectivity index (χ0) is 35.6. The minimum Gasteiger partial charge on any atom is -0.310 e. The fraction of sp³-hybridized carbons (Fsp3) is 0.120. The van der Waals surface area contributed by atoms with E-state index in [1.807, 2.05) is 12.2 Å². The van der Waals surface area contributed by atoms with Crippen molar-refractivity contribution in [1.82, 2.24) is 0 Å². The summed E-state index contributed by atoms with van der Waals surface area (Å²) in [6, 6.07) is 55.7. The lowest BCUT2D eigenvalue weighted by atomic mass is 9.66. The Balaban J connectivity index is 1.20. The van der Waals surface area contributed by atoms with E-state index >= 15 is 0 Å². The first-order valence-corrected chi connectivity index (χ1v) is 18.2. The molecule has 2 heteroatoms. The van der Waals surface area contributed by atoms with Crippen LogP contribution in [0.5, 0.6) is 0 Å². The molecule has 0 aromatic heterocycles. The minimum absolute atomic E-state index is 0.0937. The van der Waals surface area contributed by atoms with Gasteiger partial charge in [0.15, 0.2) is 0 Å². The van der Waals surface area contributed by atoms with Crippen LogP contribution in [0.25, 0.3) is 28.0 Å². The molecule has 7 aromatic carbocycles. The van der Waals surface area contributed by atoms with Gasteiger partial charge in [0, 0.05) is 22.2 Å². The molecule has 7 aromatic rings. The van der Waals surface area contributed by atoms with Crippen molar-refractivity contribution in [2.45, 2.75) is 38.5 Å². The first kappa shape index (κ1) is 31.8. The number of hydrogen-bond donors (Lipinski definition) is 0. The Morgan fingerprint density at radius 3 is 1.94 bits per heavy atom. The molecule has 2 heterocycles. The Labute approximate surface area is 307 Å². The third-order valence-corrected chi connectivity index (χ3v) is 11.4. The molecule has 0 radical (unpaired) electrons. The maximum Gasteiger partial charge on any atom is 0.0543 e. The van der Waals surface area contributed by atoms with Crippen LogP contribution in [0.3, 0.4) is 0 Å². The van der Waals surface area contributed by atoms with E-state index in [1.54, 1.807) is 0 Å². The van der Waals surface area contributed by atoms with Crippen molar-refractivity contribution < 1.29 is 0 Å². The molecule has 0 fully saturated rings. The van der Waals surface area contributed by atoms with Crippen LogP contribution < -0.4 is 9.80 Å². The van der Waals surface area contributed by atoms with Gasteiger partial charge in [-0.2, -0.15) is 0 Å². The molecule has 0 amide bonds. The molecule has 0 saturated carbocycles. The number of para-hydroxylation sites is 3. The summed E-state index contributed by atoms with van der Waals surface area (Å²) in [7, 11) is 0. The third kappa shape index (κ3) is 4.86. The molecule has 2 nitrogen and oxygen atoms in total. The van der Waals surface area contributed by atoms with Gasteiger partial charge in [-0.05, 0) is 104 Å². The van der Waals surface area contributed by atoms with Crippen molar-refractivity contribution >= 4 is 51.0 Å². The highest BCUT2D eigenvalue weighted by molar-refractivity contribution is 5.95. The first-order valence-electron chi connectivity index (χ1n) is 18.2. The predicted octanol–water partition coefficient (Wildman–Crippen LogP) is 13.9. The van der Waals surface area contributed by atoms with E-state index in [4.69, 9.17) is 0 Å². The molecule has 0 spiro atoms. The van der Waals surface area contributed by atoms with Gasteiger partial charge in [0.25, 0.3) is 0 Å². The van der Waals surface area contributed by atoms with Crippen molar-refractivity contribution in [1.29, 1.82) is 0 Å². The highest BCUT2D eigenvalue weighted by Gasteiger charge is 2.45. The lowest BCUT2D eigenvalue weighted by Crippen LogP contribution is -2.38. The molecule has 0 aliphatic carbocycles. The molecule has 9 rings (SSSR count). The van der Waals surface area contributed by atoms with Gasteiger partial charge in [0.2, 0.25) is 0 Å². The highest BCUT2D eigenvalue weighted by Crippen LogP contribution is 2.60.